The molecular weight excluding hydrogens is 594 g/mol. The van der Waals surface area contributed by atoms with E-state index in [1.807, 2.05) is 4.90 Å². The van der Waals surface area contributed by atoms with Crippen LogP contribution < -0.4 is 4.90 Å². The topological polar surface area (TPSA) is 76.6 Å². The highest BCUT2D eigenvalue weighted by Gasteiger charge is 2.47. The Morgan fingerprint density at radius 3 is 2.20 bits per heavy atom. The van der Waals surface area contributed by atoms with Gasteiger partial charge in [-0.05, 0) is 94.6 Å². The summed E-state index contributed by atoms with van der Waals surface area (Å²) in [6.45, 7) is 4.96. The van der Waals surface area contributed by atoms with Gasteiger partial charge in [0.1, 0.15) is 0 Å². The average Bonchev–Trinajstić information content (AvgIpc) is 3.53. The maximum Gasteiger partial charge on any atom is 0.425 e. The third-order valence-electron chi connectivity index (χ3n) is 10.3. The first kappa shape index (κ1) is 32.6. The summed E-state index contributed by atoms with van der Waals surface area (Å²) < 4.78 is 84.8. The van der Waals surface area contributed by atoms with E-state index in [4.69, 9.17) is 5.11 Å². The van der Waals surface area contributed by atoms with Gasteiger partial charge >= 0.3 is 24.4 Å². The molecule has 8 nitrogen and oxygen atoms in total. The number of benzene rings is 1. The Labute approximate surface area is 252 Å². The maximum absolute atomic E-state index is 13.8. The fourth-order valence-corrected chi connectivity index (χ4v) is 7.50. The summed E-state index contributed by atoms with van der Waals surface area (Å²) in [6.07, 6.45) is -7.11. The Morgan fingerprint density at radius 1 is 0.932 bits per heavy atom. The second-order valence-electron chi connectivity index (χ2n) is 13.0. The molecule has 4 aliphatic heterocycles. The van der Waals surface area contributed by atoms with Gasteiger partial charge in [-0.25, -0.2) is 4.79 Å². The van der Waals surface area contributed by atoms with Crippen LogP contribution in [0.25, 0.3) is 0 Å². The number of amides is 1. The van der Waals surface area contributed by atoms with Crippen LogP contribution in [0.4, 0.5) is 36.8 Å². The van der Waals surface area contributed by atoms with E-state index in [9.17, 15) is 35.9 Å². The molecule has 0 bridgehead atoms. The molecule has 246 valence electrons. The molecule has 4 fully saturated rings. The van der Waals surface area contributed by atoms with Crippen molar-refractivity contribution in [2.24, 2.45) is 5.41 Å². The van der Waals surface area contributed by atoms with E-state index in [1.165, 1.54) is 11.0 Å². The van der Waals surface area contributed by atoms with Gasteiger partial charge in [0.2, 0.25) is 0 Å². The van der Waals surface area contributed by atoms with Crippen molar-refractivity contribution in [3.8, 4) is 0 Å². The van der Waals surface area contributed by atoms with Crippen LogP contribution in [0.3, 0.4) is 0 Å². The molecule has 0 saturated carbocycles. The molecule has 1 aromatic rings. The molecular formula is C30H40F6N4O4. The van der Waals surface area contributed by atoms with Crippen LogP contribution >= 0.6 is 0 Å². The zero-order valence-electron chi connectivity index (χ0n) is 24.9. The molecule has 4 aliphatic rings. The molecule has 0 aliphatic carbocycles. The minimum atomic E-state index is -4.64. The molecule has 1 aromatic carbocycles. The first-order chi connectivity index (χ1) is 20.6. The Bertz CT molecular complexity index is 1210. The summed E-state index contributed by atoms with van der Waals surface area (Å²) in [5.74, 6) is -0.871. The van der Waals surface area contributed by atoms with Crippen LogP contribution in [0.2, 0.25) is 0 Å². The van der Waals surface area contributed by atoms with Crippen LogP contribution in [0.5, 0.6) is 0 Å². The zero-order chi connectivity index (χ0) is 31.9. The lowest BCUT2D eigenvalue weighted by Gasteiger charge is -2.45. The van der Waals surface area contributed by atoms with E-state index in [1.54, 1.807) is 6.07 Å². The van der Waals surface area contributed by atoms with Gasteiger partial charge in [0.25, 0.3) is 0 Å². The third kappa shape index (κ3) is 7.05. The van der Waals surface area contributed by atoms with E-state index in [0.717, 1.165) is 57.2 Å². The first-order valence-corrected chi connectivity index (χ1v) is 15.3. The Balaban J connectivity index is 1.29. The standard InChI is InChI=1S/C30H40F6N4O4/c1-21(29(31,32)33)44-26(43)38-15-9-28(10-16-38)5-2-11-40(28)18-22-3-4-23(30(34,35)36)17-24(22)39-14-8-27(20-39)6-12-37(13-7-27)19-25(41)42/h3-4,17,21H,2,5-16,18-20H2,1H3,(H,41,42). The molecule has 1 unspecified atom stereocenters. The molecule has 0 radical (unpaired) electrons. The first-order valence-electron chi connectivity index (χ1n) is 15.3. The van der Waals surface area contributed by atoms with E-state index < -0.39 is 36.1 Å². The van der Waals surface area contributed by atoms with Gasteiger partial charge in [-0.15, -0.1) is 0 Å². The normalized spacial score (nSPS) is 23.4. The Morgan fingerprint density at radius 2 is 1.59 bits per heavy atom. The summed E-state index contributed by atoms with van der Waals surface area (Å²) >= 11 is 0. The highest BCUT2D eigenvalue weighted by molar-refractivity contribution is 5.69. The minimum absolute atomic E-state index is 0.0131. The number of likely N-dealkylation sites (tertiary alicyclic amines) is 3. The van der Waals surface area contributed by atoms with Crippen molar-refractivity contribution >= 4 is 17.7 Å². The Kier molecular flexibility index (Phi) is 9.07. The Hall–Kier alpha value is -2.74. The van der Waals surface area contributed by atoms with Gasteiger partial charge in [0, 0.05) is 44.0 Å². The summed E-state index contributed by atoms with van der Waals surface area (Å²) in [5.41, 5.74) is 0.287. The van der Waals surface area contributed by atoms with Gasteiger partial charge in [-0.1, -0.05) is 6.07 Å². The second-order valence-corrected chi connectivity index (χ2v) is 13.0. The van der Waals surface area contributed by atoms with Gasteiger partial charge in [-0.3, -0.25) is 14.6 Å². The monoisotopic (exact) mass is 634 g/mol. The van der Waals surface area contributed by atoms with Crippen LogP contribution in [0.1, 0.15) is 63.0 Å². The number of carboxylic acid groups (broad SMARTS) is 1. The number of nitrogens with zero attached hydrogens (tertiary/aromatic N) is 4. The van der Waals surface area contributed by atoms with Crippen molar-refractivity contribution in [3.05, 3.63) is 29.3 Å². The third-order valence-corrected chi connectivity index (χ3v) is 10.3. The van der Waals surface area contributed by atoms with Gasteiger partial charge in [-0.2, -0.15) is 26.3 Å². The van der Waals surface area contributed by atoms with Gasteiger partial charge < -0.3 is 19.6 Å². The molecule has 4 heterocycles. The number of halogens is 6. The molecule has 0 aromatic heterocycles. The summed E-state index contributed by atoms with van der Waals surface area (Å²) in [7, 11) is 0. The molecule has 4 saturated heterocycles. The predicted octanol–water partition coefficient (Wildman–Crippen LogP) is 5.60. The maximum atomic E-state index is 13.8. The number of aliphatic carboxylic acids is 1. The van der Waals surface area contributed by atoms with Crippen molar-refractivity contribution in [2.45, 2.75) is 82.4 Å². The lowest BCUT2D eigenvalue weighted by atomic mass is 9.78. The van der Waals surface area contributed by atoms with Crippen molar-refractivity contribution in [2.75, 3.05) is 57.3 Å². The largest absolute Gasteiger partial charge is 0.480 e. The molecule has 1 amide bonds. The molecule has 1 atom stereocenters. The number of hydrogen-bond acceptors (Lipinski definition) is 6. The van der Waals surface area contributed by atoms with Crippen LogP contribution in [0.15, 0.2) is 18.2 Å². The number of carboxylic acids is 1. The van der Waals surface area contributed by atoms with Crippen molar-refractivity contribution in [1.82, 2.24) is 14.7 Å². The fraction of sp³-hybridized carbons (Fsp3) is 0.733. The quantitative estimate of drug-likeness (QED) is 0.409. The van der Waals surface area contributed by atoms with Crippen molar-refractivity contribution in [1.29, 1.82) is 0 Å². The molecule has 1 N–H and O–H groups in total. The lowest BCUT2D eigenvalue weighted by Crippen LogP contribution is -2.53. The van der Waals surface area contributed by atoms with Gasteiger partial charge in [0.15, 0.2) is 6.10 Å². The lowest BCUT2D eigenvalue weighted by molar-refractivity contribution is -0.200. The fourth-order valence-electron chi connectivity index (χ4n) is 7.50. The van der Waals surface area contributed by atoms with E-state index in [2.05, 4.69) is 14.5 Å². The number of carbonyl (C=O) groups excluding carboxylic acids is 1. The second kappa shape index (κ2) is 12.2. The molecule has 5 rings (SSSR count). The minimum Gasteiger partial charge on any atom is -0.480 e. The van der Waals surface area contributed by atoms with E-state index >= 15 is 0 Å². The zero-order valence-corrected chi connectivity index (χ0v) is 24.9. The summed E-state index contributed by atoms with van der Waals surface area (Å²) in [6, 6.07) is 3.94. The highest BCUT2D eigenvalue weighted by atomic mass is 19.4. The number of rotatable bonds is 6. The number of ether oxygens (including phenoxy) is 1. The molecule has 14 heteroatoms. The number of anilines is 1. The van der Waals surface area contributed by atoms with E-state index in [0.29, 0.717) is 51.3 Å². The van der Waals surface area contributed by atoms with Gasteiger partial charge in [0.05, 0.1) is 12.1 Å². The number of carbonyl (C=O) groups is 2. The van der Waals surface area contributed by atoms with E-state index in [-0.39, 0.29) is 30.6 Å². The predicted molar refractivity (Wildman–Crippen MR) is 149 cm³/mol. The van der Waals surface area contributed by atoms with Crippen molar-refractivity contribution in [3.63, 3.8) is 0 Å². The van der Waals surface area contributed by atoms with Crippen LogP contribution in [-0.2, 0) is 22.3 Å². The number of alkyl halides is 6. The SMILES string of the molecule is CC(OC(=O)N1CCC2(CCCN2Cc2ccc(C(F)(F)F)cc2N2CCC3(CCN(CC(=O)O)CC3)C2)CC1)C(F)(F)F. The molecule has 2 spiro atoms. The highest BCUT2D eigenvalue weighted by Crippen LogP contribution is 2.45. The van der Waals surface area contributed by atoms with Crippen molar-refractivity contribution < 1.29 is 45.8 Å². The summed E-state index contributed by atoms with van der Waals surface area (Å²) in [4.78, 5) is 31.1. The number of hydrogen-bond donors (Lipinski definition) is 1. The summed E-state index contributed by atoms with van der Waals surface area (Å²) in [5, 5.41) is 9.13. The van der Waals surface area contributed by atoms with Crippen LogP contribution in [0, 0.1) is 5.41 Å². The average molecular weight is 635 g/mol. The molecule has 44 heavy (non-hydrogen) atoms. The van der Waals surface area contributed by atoms with Crippen LogP contribution in [-0.4, -0.2) is 102 Å². The smallest absolute Gasteiger partial charge is 0.425 e. The number of piperidine rings is 2.